The molecule has 1 aliphatic carbocycles. The summed E-state index contributed by atoms with van der Waals surface area (Å²) in [6.07, 6.45) is 6.00. The first kappa shape index (κ1) is 15.9. The van der Waals surface area contributed by atoms with Crippen molar-refractivity contribution < 1.29 is 9.47 Å². The first-order chi connectivity index (χ1) is 8.68. The second-order valence-electron chi connectivity index (χ2n) is 5.62. The molecule has 3 atom stereocenters. The molecule has 0 bridgehead atoms. The molecule has 18 heavy (non-hydrogen) atoms. The molecule has 0 heterocycles. The summed E-state index contributed by atoms with van der Waals surface area (Å²) in [7, 11) is 2.03. The monoisotopic (exact) mass is 257 g/mol. The highest BCUT2D eigenvalue weighted by molar-refractivity contribution is 4.96. The molecule has 1 aliphatic rings. The van der Waals surface area contributed by atoms with E-state index in [2.05, 4.69) is 26.1 Å². The zero-order chi connectivity index (χ0) is 13.4. The Morgan fingerprint density at radius 2 is 2.17 bits per heavy atom. The van der Waals surface area contributed by atoms with Crippen molar-refractivity contribution >= 4 is 0 Å². The normalized spacial score (nSPS) is 30.3. The van der Waals surface area contributed by atoms with Gasteiger partial charge in [0.1, 0.15) is 0 Å². The Morgan fingerprint density at radius 1 is 1.39 bits per heavy atom. The van der Waals surface area contributed by atoms with Crippen LogP contribution in [0, 0.1) is 5.92 Å². The van der Waals surface area contributed by atoms with E-state index in [1.165, 1.54) is 12.8 Å². The Kier molecular flexibility index (Phi) is 7.20. The molecule has 3 heteroatoms. The fourth-order valence-electron chi connectivity index (χ4n) is 3.22. The van der Waals surface area contributed by atoms with Gasteiger partial charge >= 0.3 is 0 Å². The minimum atomic E-state index is -0.0189. The van der Waals surface area contributed by atoms with Gasteiger partial charge in [0, 0.05) is 13.2 Å². The maximum absolute atomic E-state index is 6.18. The van der Waals surface area contributed by atoms with Crippen molar-refractivity contribution in [2.75, 3.05) is 26.9 Å². The standard InChI is InChI=1S/C15H31NO2/c1-5-10-17-12-14(16-4)15(18-6-2)9-7-8-13(3)11-15/h13-14,16H,5-12H2,1-4H3. The van der Waals surface area contributed by atoms with E-state index in [4.69, 9.17) is 9.47 Å². The quantitative estimate of drug-likeness (QED) is 0.678. The van der Waals surface area contributed by atoms with Crippen molar-refractivity contribution in [1.82, 2.24) is 5.32 Å². The van der Waals surface area contributed by atoms with Crippen molar-refractivity contribution in [3.05, 3.63) is 0 Å². The van der Waals surface area contributed by atoms with Gasteiger partial charge < -0.3 is 14.8 Å². The third-order valence-electron chi connectivity index (χ3n) is 4.04. The zero-order valence-corrected chi connectivity index (χ0v) is 12.6. The first-order valence-electron chi connectivity index (χ1n) is 7.57. The molecule has 0 aliphatic heterocycles. The lowest BCUT2D eigenvalue weighted by atomic mass is 9.74. The van der Waals surface area contributed by atoms with Crippen molar-refractivity contribution in [1.29, 1.82) is 0 Å². The Labute approximate surface area is 113 Å². The Morgan fingerprint density at radius 3 is 2.72 bits per heavy atom. The van der Waals surface area contributed by atoms with E-state index >= 15 is 0 Å². The number of rotatable bonds is 8. The molecule has 0 saturated heterocycles. The zero-order valence-electron chi connectivity index (χ0n) is 12.6. The Bertz CT molecular complexity index is 219. The van der Waals surface area contributed by atoms with Crippen molar-refractivity contribution in [3.8, 4) is 0 Å². The summed E-state index contributed by atoms with van der Waals surface area (Å²) < 4.78 is 11.9. The van der Waals surface area contributed by atoms with Crippen LogP contribution in [0.1, 0.15) is 52.9 Å². The van der Waals surface area contributed by atoms with Gasteiger partial charge in [0.25, 0.3) is 0 Å². The van der Waals surface area contributed by atoms with Crippen LogP contribution in [0.15, 0.2) is 0 Å². The summed E-state index contributed by atoms with van der Waals surface area (Å²) in [5.41, 5.74) is -0.0189. The molecule has 0 aromatic heterocycles. The highest BCUT2D eigenvalue weighted by Gasteiger charge is 2.42. The van der Waals surface area contributed by atoms with Crippen LogP contribution in [0.5, 0.6) is 0 Å². The third kappa shape index (κ3) is 4.22. The van der Waals surface area contributed by atoms with E-state index < -0.39 is 0 Å². The van der Waals surface area contributed by atoms with E-state index in [0.29, 0.717) is 6.04 Å². The summed E-state index contributed by atoms with van der Waals surface area (Å²) in [6.45, 7) is 8.98. The van der Waals surface area contributed by atoms with Crippen LogP contribution < -0.4 is 5.32 Å². The molecule has 0 spiro atoms. The molecule has 1 saturated carbocycles. The largest absolute Gasteiger partial charge is 0.380 e. The average molecular weight is 257 g/mol. The van der Waals surface area contributed by atoms with Gasteiger partial charge in [-0.05, 0) is 39.2 Å². The average Bonchev–Trinajstić information content (AvgIpc) is 2.35. The van der Waals surface area contributed by atoms with E-state index in [1.54, 1.807) is 0 Å². The molecule has 1 fully saturated rings. The molecular formula is C15H31NO2. The summed E-state index contributed by atoms with van der Waals surface area (Å²) in [5, 5.41) is 3.43. The van der Waals surface area contributed by atoms with Crippen LogP contribution in [-0.4, -0.2) is 38.5 Å². The second-order valence-corrected chi connectivity index (χ2v) is 5.62. The van der Waals surface area contributed by atoms with Crippen molar-refractivity contribution in [2.45, 2.75) is 64.5 Å². The molecule has 1 rings (SSSR count). The highest BCUT2D eigenvalue weighted by atomic mass is 16.5. The molecule has 108 valence electrons. The van der Waals surface area contributed by atoms with Crippen LogP contribution in [0.4, 0.5) is 0 Å². The molecular weight excluding hydrogens is 226 g/mol. The Balaban J connectivity index is 2.66. The van der Waals surface area contributed by atoms with Gasteiger partial charge in [0.2, 0.25) is 0 Å². The number of ether oxygens (including phenoxy) is 2. The second kappa shape index (κ2) is 8.13. The minimum Gasteiger partial charge on any atom is -0.380 e. The van der Waals surface area contributed by atoms with Crippen LogP contribution in [0.25, 0.3) is 0 Å². The van der Waals surface area contributed by atoms with Gasteiger partial charge in [0.15, 0.2) is 0 Å². The highest BCUT2D eigenvalue weighted by Crippen LogP contribution is 2.37. The van der Waals surface area contributed by atoms with E-state index in [9.17, 15) is 0 Å². The summed E-state index contributed by atoms with van der Waals surface area (Å²) in [5.74, 6) is 0.757. The lowest BCUT2D eigenvalue weighted by Crippen LogP contribution is -2.56. The number of likely N-dealkylation sites (N-methyl/N-ethyl adjacent to an activating group) is 1. The molecule has 0 radical (unpaired) electrons. The third-order valence-corrected chi connectivity index (χ3v) is 4.04. The van der Waals surface area contributed by atoms with Gasteiger partial charge in [-0.3, -0.25) is 0 Å². The van der Waals surface area contributed by atoms with Gasteiger partial charge in [0.05, 0.1) is 18.2 Å². The summed E-state index contributed by atoms with van der Waals surface area (Å²) >= 11 is 0. The fraction of sp³-hybridized carbons (Fsp3) is 1.00. The number of nitrogens with one attached hydrogen (secondary N) is 1. The van der Waals surface area contributed by atoms with Crippen LogP contribution in [-0.2, 0) is 9.47 Å². The van der Waals surface area contributed by atoms with Crippen molar-refractivity contribution in [2.24, 2.45) is 5.92 Å². The van der Waals surface area contributed by atoms with Gasteiger partial charge in [-0.15, -0.1) is 0 Å². The van der Waals surface area contributed by atoms with Crippen LogP contribution in [0.3, 0.4) is 0 Å². The number of hydrogen-bond donors (Lipinski definition) is 1. The predicted octanol–water partition coefficient (Wildman–Crippen LogP) is 2.99. The topological polar surface area (TPSA) is 30.5 Å². The molecule has 0 aromatic carbocycles. The van der Waals surface area contributed by atoms with Gasteiger partial charge in [-0.1, -0.05) is 26.7 Å². The fourth-order valence-corrected chi connectivity index (χ4v) is 3.22. The van der Waals surface area contributed by atoms with E-state index in [-0.39, 0.29) is 5.60 Å². The SMILES string of the molecule is CCCOCC(NC)C1(OCC)CCCC(C)C1. The lowest BCUT2D eigenvalue weighted by molar-refractivity contribution is -0.113. The van der Waals surface area contributed by atoms with Gasteiger partial charge in [-0.2, -0.15) is 0 Å². The first-order valence-corrected chi connectivity index (χ1v) is 7.57. The maximum atomic E-state index is 6.18. The molecule has 1 N–H and O–H groups in total. The lowest BCUT2D eigenvalue weighted by Gasteiger charge is -2.45. The Hall–Kier alpha value is -0.120. The van der Waals surface area contributed by atoms with E-state index in [0.717, 1.165) is 45.0 Å². The minimum absolute atomic E-state index is 0.0189. The van der Waals surface area contributed by atoms with Crippen LogP contribution >= 0.6 is 0 Å². The number of hydrogen-bond acceptors (Lipinski definition) is 3. The van der Waals surface area contributed by atoms with E-state index in [1.807, 2.05) is 7.05 Å². The molecule has 0 aromatic rings. The smallest absolute Gasteiger partial charge is 0.0859 e. The van der Waals surface area contributed by atoms with Crippen LogP contribution in [0.2, 0.25) is 0 Å². The predicted molar refractivity (Wildman–Crippen MR) is 75.9 cm³/mol. The maximum Gasteiger partial charge on any atom is 0.0859 e. The van der Waals surface area contributed by atoms with Gasteiger partial charge in [-0.25, -0.2) is 0 Å². The molecule has 3 unspecified atom stereocenters. The molecule has 3 nitrogen and oxygen atoms in total. The summed E-state index contributed by atoms with van der Waals surface area (Å²) in [6, 6.07) is 0.312. The molecule has 0 amide bonds. The van der Waals surface area contributed by atoms with Crippen molar-refractivity contribution in [3.63, 3.8) is 0 Å². The summed E-state index contributed by atoms with van der Waals surface area (Å²) in [4.78, 5) is 0.